The van der Waals surface area contributed by atoms with Gasteiger partial charge in [0.15, 0.2) is 0 Å². The number of carbonyl (C=O) groups is 1. The zero-order valence-corrected chi connectivity index (χ0v) is 16.7. The number of carbonyl (C=O) groups excluding carboxylic acids is 1. The summed E-state index contributed by atoms with van der Waals surface area (Å²) in [5.41, 5.74) is 4.16. The molecule has 2 heterocycles. The van der Waals surface area contributed by atoms with Crippen LogP contribution in [-0.4, -0.2) is 42.0 Å². The molecular formula is C24H26N4O. The molecule has 0 radical (unpaired) electrons. The van der Waals surface area contributed by atoms with Crippen molar-refractivity contribution in [3.8, 4) is 0 Å². The number of benzene rings is 2. The standard InChI is InChI=1S/C24H26N4O/c1-19-6-5-9-21(16-19)24(29)26-23-11-10-22(17-25-23)28-14-12-27(13-15-28)18-20-7-3-2-4-8-20/h2-11,16-17H,12-15,18H2,1H3,(H,25,26,29). The van der Waals surface area contributed by atoms with Crippen LogP contribution in [0.1, 0.15) is 21.5 Å². The lowest BCUT2D eigenvalue weighted by Gasteiger charge is -2.36. The third-order valence-electron chi connectivity index (χ3n) is 5.26. The van der Waals surface area contributed by atoms with E-state index in [1.807, 2.05) is 49.5 Å². The van der Waals surface area contributed by atoms with E-state index in [1.54, 1.807) is 0 Å². The number of anilines is 2. The van der Waals surface area contributed by atoms with Crippen LogP contribution in [0.3, 0.4) is 0 Å². The van der Waals surface area contributed by atoms with Crippen molar-refractivity contribution in [2.45, 2.75) is 13.5 Å². The number of hydrogen-bond acceptors (Lipinski definition) is 4. The molecule has 0 saturated carbocycles. The number of aryl methyl sites for hydroxylation is 1. The number of amides is 1. The smallest absolute Gasteiger partial charge is 0.256 e. The molecule has 1 saturated heterocycles. The Kier molecular flexibility index (Phi) is 5.86. The topological polar surface area (TPSA) is 48.5 Å². The van der Waals surface area contributed by atoms with Crippen molar-refractivity contribution in [2.75, 3.05) is 36.4 Å². The van der Waals surface area contributed by atoms with E-state index in [9.17, 15) is 4.79 Å². The van der Waals surface area contributed by atoms with Crippen LogP contribution in [0.25, 0.3) is 0 Å². The van der Waals surface area contributed by atoms with Crippen LogP contribution in [-0.2, 0) is 6.54 Å². The maximum absolute atomic E-state index is 12.4. The van der Waals surface area contributed by atoms with Gasteiger partial charge in [-0.1, -0.05) is 48.0 Å². The highest BCUT2D eigenvalue weighted by Gasteiger charge is 2.17. The Morgan fingerprint density at radius 1 is 0.966 bits per heavy atom. The second-order valence-corrected chi connectivity index (χ2v) is 7.47. The molecular weight excluding hydrogens is 360 g/mol. The Morgan fingerprint density at radius 2 is 1.76 bits per heavy atom. The molecule has 148 valence electrons. The molecule has 2 aromatic carbocycles. The van der Waals surface area contributed by atoms with E-state index in [4.69, 9.17) is 0 Å². The maximum Gasteiger partial charge on any atom is 0.256 e. The minimum absolute atomic E-state index is 0.136. The van der Waals surface area contributed by atoms with Gasteiger partial charge < -0.3 is 10.2 Å². The minimum Gasteiger partial charge on any atom is -0.368 e. The minimum atomic E-state index is -0.136. The largest absolute Gasteiger partial charge is 0.368 e. The average molecular weight is 386 g/mol. The Labute approximate surface area is 172 Å². The first-order valence-corrected chi connectivity index (χ1v) is 10.0. The van der Waals surface area contributed by atoms with E-state index in [0.29, 0.717) is 11.4 Å². The first-order chi connectivity index (χ1) is 14.2. The van der Waals surface area contributed by atoms with E-state index < -0.39 is 0 Å². The number of nitrogens with zero attached hydrogens (tertiary/aromatic N) is 3. The quantitative estimate of drug-likeness (QED) is 0.721. The summed E-state index contributed by atoms with van der Waals surface area (Å²) in [6, 6.07) is 22.1. The lowest BCUT2D eigenvalue weighted by molar-refractivity contribution is 0.102. The van der Waals surface area contributed by atoms with Gasteiger partial charge in [0.05, 0.1) is 11.9 Å². The van der Waals surface area contributed by atoms with Crippen molar-refractivity contribution < 1.29 is 4.79 Å². The normalized spacial score (nSPS) is 14.6. The second-order valence-electron chi connectivity index (χ2n) is 7.47. The Bertz CT molecular complexity index is 948. The monoisotopic (exact) mass is 386 g/mol. The first kappa shape index (κ1) is 19.2. The molecule has 1 aromatic heterocycles. The summed E-state index contributed by atoms with van der Waals surface area (Å²) in [5.74, 6) is 0.437. The Balaban J connectivity index is 1.31. The highest BCUT2D eigenvalue weighted by atomic mass is 16.1. The van der Waals surface area contributed by atoms with Crippen molar-refractivity contribution in [1.29, 1.82) is 0 Å². The first-order valence-electron chi connectivity index (χ1n) is 10.0. The number of pyridine rings is 1. The van der Waals surface area contributed by atoms with E-state index in [1.165, 1.54) is 5.56 Å². The summed E-state index contributed by atoms with van der Waals surface area (Å²) in [6.07, 6.45) is 1.85. The number of aromatic nitrogens is 1. The highest BCUT2D eigenvalue weighted by molar-refractivity contribution is 6.03. The van der Waals surface area contributed by atoms with E-state index in [0.717, 1.165) is 44.0 Å². The molecule has 1 aliphatic heterocycles. The van der Waals surface area contributed by atoms with E-state index in [2.05, 4.69) is 50.4 Å². The van der Waals surface area contributed by atoms with Crippen LogP contribution in [0.5, 0.6) is 0 Å². The molecule has 0 bridgehead atoms. The van der Waals surface area contributed by atoms with Crippen LogP contribution in [0.2, 0.25) is 0 Å². The number of hydrogen-bond donors (Lipinski definition) is 1. The van der Waals surface area contributed by atoms with Crippen molar-refractivity contribution in [1.82, 2.24) is 9.88 Å². The zero-order chi connectivity index (χ0) is 20.1. The molecule has 5 nitrogen and oxygen atoms in total. The molecule has 29 heavy (non-hydrogen) atoms. The number of rotatable bonds is 5. The van der Waals surface area contributed by atoms with Crippen molar-refractivity contribution >= 4 is 17.4 Å². The summed E-state index contributed by atoms with van der Waals surface area (Å²) in [5, 5.41) is 2.87. The lowest BCUT2D eigenvalue weighted by atomic mass is 10.1. The average Bonchev–Trinajstić information content (AvgIpc) is 2.76. The Hall–Kier alpha value is -3.18. The van der Waals surface area contributed by atoms with Gasteiger partial charge in [-0.05, 0) is 36.8 Å². The molecule has 1 aliphatic rings. The van der Waals surface area contributed by atoms with Gasteiger partial charge in [-0.15, -0.1) is 0 Å². The molecule has 0 atom stereocenters. The zero-order valence-electron chi connectivity index (χ0n) is 16.7. The van der Waals surface area contributed by atoms with Gasteiger partial charge >= 0.3 is 0 Å². The molecule has 1 amide bonds. The van der Waals surface area contributed by atoms with Gasteiger partial charge in [0.25, 0.3) is 5.91 Å². The predicted octanol–water partition coefficient (Wildman–Crippen LogP) is 3.96. The van der Waals surface area contributed by atoms with Crippen molar-refractivity contribution in [3.63, 3.8) is 0 Å². The summed E-state index contributed by atoms with van der Waals surface area (Å²) >= 11 is 0. The van der Waals surface area contributed by atoms with Crippen LogP contribution < -0.4 is 10.2 Å². The second kappa shape index (κ2) is 8.88. The number of piperazine rings is 1. The van der Waals surface area contributed by atoms with Gasteiger partial charge in [-0.2, -0.15) is 0 Å². The Morgan fingerprint density at radius 3 is 2.45 bits per heavy atom. The predicted molar refractivity (Wildman–Crippen MR) is 117 cm³/mol. The third kappa shape index (κ3) is 5.00. The van der Waals surface area contributed by atoms with Crippen molar-refractivity contribution in [2.24, 2.45) is 0 Å². The molecule has 1 N–H and O–H groups in total. The third-order valence-corrected chi connectivity index (χ3v) is 5.26. The summed E-state index contributed by atoms with van der Waals surface area (Å²) in [4.78, 5) is 21.6. The fraction of sp³-hybridized carbons (Fsp3) is 0.250. The summed E-state index contributed by atoms with van der Waals surface area (Å²) in [7, 11) is 0. The molecule has 4 rings (SSSR count). The fourth-order valence-corrected chi connectivity index (χ4v) is 3.63. The summed E-state index contributed by atoms with van der Waals surface area (Å²) < 4.78 is 0. The van der Waals surface area contributed by atoms with Gasteiger partial charge in [0.1, 0.15) is 5.82 Å². The fourth-order valence-electron chi connectivity index (χ4n) is 3.63. The SMILES string of the molecule is Cc1cccc(C(=O)Nc2ccc(N3CCN(Cc4ccccc4)CC3)cn2)c1. The molecule has 0 spiro atoms. The van der Waals surface area contributed by atoms with Gasteiger partial charge in [-0.25, -0.2) is 4.98 Å². The van der Waals surface area contributed by atoms with Gasteiger partial charge in [0, 0.05) is 38.3 Å². The maximum atomic E-state index is 12.4. The highest BCUT2D eigenvalue weighted by Crippen LogP contribution is 2.18. The van der Waals surface area contributed by atoms with Crippen LogP contribution in [0.4, 0.5) is 11.5 Å². The van der Waals surface area contributed by atoms with Crippen LogP contribution >= 0.6 is 0 Å². The van der Waals surface area contributed by atoms with Crippen molar-refractivity contribution in [3.05, 3.63) is 89.6 Å². The molecule has 0 aliphatic carbocycles. The lowest BCUT2D eigenvalue weighted by Crippen LogP contribution is -2.46. The van der Waals surface area contributed by atoms with Gasteiger partial charge in [0.2, 0.25) is 0 Å². The number of nitrogens with one attached hydrogen (secondary N) is 1. The molecule has 1 fully saturated rings. The van der Waals surface area contributed by atoms with E-state index >= 15 is 0 Å². The summed E-state index contributed by atoms with van der Waals surface area (Å²) in [6.45, 7) is 6.98. The molecule has 5 heteroatoms. The van der Waals surface area contributed by atoms with Crippen LogP contribution in [0, 0.1) is 6.92 Å². The van der Waals surface area contributed by atoms with Crippen LogP contribution in [0.15, 0.2) is 72.9 Å². The molecule has 0 unspecified atom stereocenters. The molecule has 3 aromatic rings. The van der Waals surface area contributed by atoms with Gasteiger partial charge in [-0.3, -0.25) is 9.69 Å². The van der Waals surface area contributed by atoms with E-state index in [-0.39, 0.29) is 5.91 Å².